The Morgan fingerprint density at radius 2 is 2.00 bits per heavy atom. The van der Waals surface area contributed by atoms with Gasteiger partial charge in [0.15, 0.2) is 0 Å². The van der Waals surface area contributed by atoms with Crippen LogP contribution < -0.4 is 10.5 Å². The minimum Gasteiger partial charge on any atom is -0.487 e. The number of amides is 1. The van der Waals surface area contributed by atoms with E-state index in [2.05, 4.69) is 9.97 Å². The molecule has 2 rings (SSSR count). The van der Waals surface area contributed by atoms with Gasteiger partial charge in [-0.1, -0.05) is 13.8 Å². The van der Waals surface area contributed by atoms with Gasteiger partial charge in [-0.25, -0.2) is 22.9 Å². The van der Waals surface area contributed by atoms with Crippen LogP contribution in [0.3, 0.4) is 0 Å². The van der Waals surface area contributed by atoms with Crippen LogP contribution in [0.2, 0.25) is 0 Å². The van der Waals surface area contributed by atoms with E-state index in [1.54, 1.807) is 6.92 Å². The Morgan fingerprint density at radius 1 is 1.28 bits per heavy atom. The number of carbonyl (C=O) groups excluding carboxylic acids is 1. The summed E-state index contributed by atoms with van der Waals surface area (Å²) >= 11 is 0. The van der Waals surface area contributed by atoms with E-state index in [4.69, 9.17) is 15.2 Å². The molecule has 2 aromatic heterocycles. The summed E-state index contributed by atoms with van der Waals surface area (Å²) in [4.78, 5) is 19.0. The van der Waals surface area contributed by atoms with Crippen molar-refractivity contribution in [2.45, 2.75) is 45.9 Å². The molecule has 9 heteroatoms. The van der Waals surface area contributed by atoms with E-state index in [0.717, 1.165) is 0 Å². The van der Waals surface area contributed by atoms with Crippen LogP contribution in [-0.4, -0.2) is 28.3 Å². The first-order valence-electron chi connectivity index (χ1n) is 9.05. The SMILES string of the molecule is CC(C)C[C@@](C)(COc1ccc(-c2ccnc(C(F)F)c2)nc1CF)OC(N)=O. The van der Waals surface area contributed by atoms with Gasteiger partial charge in [0.1, 0.15) is 36.0 Å². The van der Waals surface area contributed by atoms with Crippen molar-refractivity contribution in [1.82, 2.24) is 9.97 Å². The van der Waals surface area contributed by atoms with Crippen LogP contribution in [0.4, 0.5) is 18.0 Å². The van der Waals surface area contributed by atoms with Crippen LogP contribution in [0.15, 0.2) is 30.5 Å². The number of ether oxygens (including phenoxy) is 2. The van der Waals surface area contributed by atoms with Crippen LogP contribution in [0.25, 0.3) is 11.3 Å². The standard InChI is InChI=1S/C20H24F3N3O3/c1-12(2)9-20(3,29-19(24)27)11-28-17-5-4-14(26-16(17)10-21)13-6-7-25-15(8-13)18(22)23/h4-8,12,18H,9-11H2,1-3H3,(H2,24,27)/t20-/m0/s1. The summed E-state index contributed by atoms with van der Waals surface area (Å²) in [5.41, 5.74) is 4.47. The van der Waals surface area contributed by atoms with Crippen LogP contribution in [0.5, 0.6) is 5.75 Å². The Kier molecular flexibility index (Phi) is 7.41. The van der Waals surface area contributed by atoms with Gasteiger partial charge < -0.3 is 15.2 Å². The van der Waals surface area contributed by atoms with Crippen molar-refractivity contribution in [2.75, 3.05) is 6.61 Å². The second-order valence-corrected chi connectivity index (χ2v) is 7.30. The van der Waals surface area contributed by atoms with E-state index in [1.807, 2.05) is 13.8 Å². The zero-order valence-corrected chi connectivity index (χ0v) is 16.5. The number of nitrogens with two attached hydrogens (primary N) is 1. The molecule has 0 fully saturated rings. The molecule has 2 heterocycles. The molecule has 0 unspecified atom stereocenters. The second kappa shape index (κ2) is 9.58. The lowest BCUT2D eigenvalue weighted by molar-refractivity contribution is -0.0190. The average Bonchev–Trinajstić information content (AvgIpc) is 2.65. The number of carbonyl (C=O) groups is 1. The number of hydrogen-bond donors (Lipinski definition) is 1. The molecule has 0 saturated carbocycles. The normalized spacial score (nSPS) is 13.4. The molecule has 1 amide bonds. The van der Waals surface area contributed by atoms with Gasteiger partial charge in [-0.05, 0) is 43.5 Å². The first-order chi connectivity index (χ1) is 13.6. The number of pyridine rings is 2. The number of hydrogen-bond acceptors (Lipinski definition) is 5. The Hall–Kier alpha value is -2.84. The molecule has 0 aliphatic heterocycles. The lowest BCUT2D eigenvalue weighted by Crippen LogP contribution is -2.41. The van der Waals surface area contributed by atoms with E-state index in [0.29, 0.717) is 17.7 Å². The molecular weight excluding hydrogens is 387 g/mol. The van der Waals surface area contributed by atoms with E-state index >= 15 is 0 Å². The molecular formula is C20H24F3N3O3. The average molecular weight is 411 g/mol. The molecule has 2 aromatic rings. The van der Waals surface area contributed by atoms with Crippen molar-refractivity contribution in [3.05, 3.63) is 41.9 Å². The topological polar surface area (TPSA) is 87.3 Å². The van der Waals surface area contributed by atoms with Gasteiger partial charge in [-0.15, -0.1) is 0 Å². The van der Waals surface area contributed by atoms with Crippen molar-refractivity contribution in [3.8, 4) is 17.0 Å². The van der Waals surface area contributed by atoms with E-state index in [-0.39, 0.29) is 29.7 Å². The highest BCUT2D eigenvalue weighted by atomic mass is 19.3. The zero-order valence-electron chi connectivity index (χ0n) is 16.5. The third-order valence-corrected chi connectivity index (χ3v) is 4.08. The second-order valence-electron chi connectivity index (χ2n) is 7.30. The molecule has 0 bridgehead atoms. The van der Waals surface area contributed by atoms with Crippen LogP contribution in [-0.2, 0) is 11.4 Å². The fourth-order valence-electron chi connectivity index (χ4n) is 3.07. The van der Waals surface area contributed by atoms with E-state index in [9.17, 15) is 18.0 Å². The summed E-state index contributed by atoms with van der Waals surface area (Å²) in [6, 6.07) is 5.75. The number of aromatic nitrogens is 2. The first-order valence-corrected chi connectivity index (χ1v) is 9.05. The third kappa shape index (κ3) is 6.33. The number of rotatable bonds is 9. The molecule has 2 N–H and O–H groups in total. The molecule has 0 radical (unpaired) electrons. The Morgan fingerprint density at radius 3 is 2.59 bits per heavy atom. The van der Waals surface area contributed by atoms with Gasteiger partial charge in [-0.3, -0.25) is 4.98 Å². The summed E-state index contributed by atoms with van der Waals surface area (Å²) in [5.74, 6) is 0.363. The first kappa shape index (κ1) is 22.4. The minimum absolute atomic E-state index is 0.00359. The lowest BCUT2D eigenvalue weighted by atomic mass is 9.95. The van der Waals surface area contributed by atoms with Gasteiger partial charge >= 0.3 is 6.09 Å². The monoisotopic (exact) mass is 411 g/mol. The van der Waals surface area contributed by atoms with Crippen molar-refractivity contribution in [2.24, 2.45) is 11.7 Å². The molecule has 0 spiro atoms. The predicted molar refractivity (Wildman–Crippen MR) is 101 cm³/mol. The van der Waals surface area contributed by atoms with Gasteiger partial charge in [-0.2, -0.15) is 0 Å². The Bertz CT molecular complexity index is 849. The van der Waals surface area contributed by atoms with Crippen LogP contribution in [0, 0.1) is 5.92 Å². The van der Waals surface area contributed by atoms with Gasteiger partial charge in [0, 0.05) is 11.8 Å². The summed E-state index contributed by atoms with van der Waals surface area (Å²) in [7, 11) is 0. The molecule has 0 aliphatic carbocycles. The van der Waals surface area contributed by atoms with Gasteiger partial charge in [0.05, 0.1) is 5.69 Å². The molecule has 0 saturated heterocycles. The fourth-order valence-corrected chi connectivity index (χ4v) is 3.07. The number of primary amides is 1. The largest absolute Gasteiger partial charge is 0.487 e. The lowest BCUT2D eigenvalue weighted by Gasteiger charge is -2.30. The van der Waals surface area contributed by atoms with Gasteiger partial charge in [0.25, 0.3) is 6.43 Å². The summed E-state index contributed by atoms with van der Waals surface area (Å²) in [5, 5.41) is 0. The molecule has 6 nitrogen and oxygen atoms in total. The molecule has 1 atom stereocenters. The number of alkyl halides is 3. The highest BCUT2D eigenvalue weighted by molar-refractivity contribution is 5.65. The number of nitrogens with zero attached hydrogens (tertiary/aromatic N) is 2. The highest BCUT2D eigenvalue weighted by Gasteiger charge is 2.31. The van der Waals surface area contributed by atoms with E-state index < -0.39 is 24.8 Å². The van der Waals surface area contributed by atoms with Crippen molar-refractivity contribution in [1.29, 1.82) is 0 Å². The van der Waals surface area contributed by atoms with Crippen molar-refractivity contribution >= 4 is 6.09 Å². The quantitative estimate of drug-likeness (QED) is 0.639. The summed E-state index contributed by atoms with van der Waals surface area (Å²) < 4.78 is 50.1. The molecule has 0 aromatic carbocycles. The number of halogens is 3. The van der Waals surface area contributed by atoms with Gasteiger partial charge in [0.2, 0.25) is 0 Å². The maximum Gasteiger partial charge on any atom is 0.405 e. The third-order valence-electron chi connectivity index (χ3n) is 4.08. The van der Waals surface area contributed by atoms with E-state index in [1.165, 1.54) is 30.5 Å². The highest BCUT2D eigenvalue weighted by Crippen LogP contribution is 2.28. The van der Waals surface area contributed by atoms with Crippen molar-refractivity contribution in [3.63, 3.8) is 0 Å². The van der Waals surface area contributed by atoms with Crippen LogP contribution >= 0.6 is 0 Å². The smallest absolute Gasteiger partial charge is 0.405 e. The Labute approximate surface area is 167 Å². The molecule has 0 aliphatic rings. The Balaban J connectivity index is 2.24. The summed E-state index contributed by atoms with van der Waals surface area (Å²) in [6.45, 7) is 4.61. The maximum atomic E-state index is 13.5. The molecule has 158 valence electrons. The molecule has 29 heavy (non-hydrogen) atoms. The minimum atomic E-state index is -2.72. The van der Waals surface area contributed by atoms with Crippen molar-refractivity contribution < 1.29 is 27.4 Å². The van der Waals surface area contributed by atoms with Crippen LogP contribution in [0.1, 0.15) is 45.0 Å². The fraction of sp³-hybridized carbons (Fsp3) is 0.450. The summed E-state index contributed by atoms with van der Waals surface area (Å²) in [6.07, 6.45) is -1.92. The predicted octanol–water partition coefficient (Wildman–Crippen LogP) is 4.83. The zero-order chi connectivity index (χ0) is 21.6. The maximum absolute atomic E-state index is 13.5.